The van der Waals surface area contributed by atoms with Crippen molar-refractivity contribution in [1.82, 2.24) is 4.98 Å². The number of anilines is 1. The van der Waals surface area contributed by atoms with Gasteiger partial charge in [0.2, 0.25) is 5.91 Å². The normalized spacial score (nSPS) is 14.9. The number of aromatic nitrogens is 1. The Kier molecular flexibility index (Phi) is 3.48. The molecular formula is C14H12F2N2OS. The summed E-state index contributed by atoms with van der Waals surface area (Å²) in [5.41, 5.74) is 1.02. The Balaban J connectivity index is 1.75. The molecule has 0 radical (unpaired) electrons. The zero-order chi connectivity index (χ0) is 14.1. The number of thiazole rings is 1. The van der Waals surface area contributed by atoms with Gasteiger partial charge < -0.3 is 5.32 Å². The molecule has 3 nitrogen and oxygen atoms in total. The molecule has 3 rings (SSSR count). The maximum atomic E-state index is 13.2. The van der Waals surface area contributed by atoms with Crippen molar-refractivity contribution < 1.29 is 13.6 Å². The number of hydrogen-bond acceptors (Lipinski definition) is 3. The van der Waals surface area contributed by atoms with Gasteiger partial charge in [0.25, 0.3) is 0 Å². The first-order valence-electron chi connectivity index (χ1n) is 6.35. The topological polar surface area (TPSA) is 42.0 Å². The smallest absolute Gasteiger partial charge is 0.229 e. The zero-order valence-corrected chi connectivity index (χ0v) is 11.3. The Hall–Kier alpha value is -1.82. The van der Waals surface area contributed by atoms with E-state index in [1.54, 1.807) is 5.38 Å². The maximum absolute atomic E-state index is 13.2. The van der Waals surface area contributed by atoms with Crippen LogP contribution >= 0.6 is 11.3 Å². The summed E-state index contributed by atoms with van der Waals surface area (Å²) < 4.78 is 26.0. The average Bonchev–Trinajstić information content (AvgIpc) is 2.78. The van der Waals surface area contributed by atoms with Crippen LogP contribution in [0.25, 0.3) is 11.3 Å². The summed E-state index contributed by atoms with van der Waals surface area (Å²) in [6, 6.07) is 3.63. The summed E-state index contributed by atoms with van der Waals surface area (Å²) in [7, 11) is 0. The summed E-state index contributed by atoms with van der Waals surface area (Å²) in [4.78, 5) is 16.0. The van der Waals surface area contributed by atoms with Crippen LogP contribution in [0.15, 0.2) is 23.6 Å². The summed E-state index contributed by atoms with van der Waals surface area (Å²) >= 11 is 1.28. The molecule has 1 fully saturated rings. The molecule has 1 aromatic carbocycles. The summed E-state index contributed by atoms with van der Waals surface area (Å²) in [5.74, 6) is -1.72. The summed E-state index contributed by atoms with van der Waals surface area (Å²) in [6.07, 6.45) is 2.94. The predicted octanol–water partition coefficient (Wildman–Crippen LogP) is 3.83. The lowest BCUT2D eigenvalue weighted by Gasteiger charge is -2.23. The molecule has 0 atom stereocenters. The van der Waals surface area contributed by atoms with Gasteiger partial charge in [-0.05, 0) is 31.0 Å². The molecule has 1 aromatic heterocycles. The molecule has 2 aromatic rings. The second-order valence-electron chi connectivity index (χ2n) is 4.78. The van der Waals surface area contributed by atoms with Gasteiger partial charge in [-0.25, -0.2) is 13.8 Å². The lowest BCUT2D eigenvalue weighted by Crippen LogP contribution is -2.27. The fourth-order valence-electron chi connectivity index (χ4n) is 2.00. The molecule has 1 amide bonds. The molecule has 1 saturated carbocycles. The summed E-state index contributed by atoms with van der Waals surface area (Å²) in [6.45, 7) is 0. The standard InChI is InChI=1S/C14H12F2N2OS/c15-10-5-4-9(6-11(10)16)12-7-20-14(17-12)18-13(19)8-2-1-3-8/h4-8H,1-3H2,(H,17,18,19). The highest BCUT2D eigenvalue weighted by Crippen LogP contribution is 2.30. The van der Waals surface area contributed by atoms with Gasteiger partial charge in [-0.15, -0.1) is 11.3 Å². The Morgan fingerprint density at radius 2 is 2.10 bits per heavy atom. The Bertz CT molecular complexity index is 652. The number of nitrogens with one attached hydrogen (secondary N) is 1. The highest BCUT2D eigenvalue weighted by atomic mass is 32.1. The quantitative estimate of drug-likeness (QED) is 0.935. The minimum Gasteiger partial charge on any atom is -0.302 e. The van der Waals surface area contributed by atoms with Crippen molar-refractivity contribution in [3.05, 3.63) is 35.2 Å². The lowest BCUT2D eigenvalue weighted by atomic mass is 9.85. The molecule has 0 bridgehead atoms. The SMILES string of the molecule is O=C(Nc1nc(-c2ccc(F)c(F)c2)cs1)C1CCC1. The van der Waals surface area contributed by atoms with Crippen LogP contribution in [0.5, 0.6) is 0 Å². The van der Waals surface area contributed by atoms with E-state index in [0.29, 0.717) is 16.4 Å². The van der Waals surface area contributed by atoms with Crippen molar-refractivity contribution in [2.24, 2.45) is 5.92 Å². The summed E-state index contributed by atoms with van der Waals surface area (Å²) in [5, 5.41) is 4.96. The molecular weight excluding hydrogens is 282 g/mol. The van der Waals surface area contributed by atoms with Gasteiger partial charge in [0.1, 0.15) is 0 Å². The van der Waals surface area contributed by atoms with Crippen molar-refractivity contribution in [2.45, 2.75) is 19.3 Å². The molecule has 0 unspecified atom stereocenters. The molecule has 1 N–H and O–H groups in total. The van der Waals surface area contributed by atoms with Gasteiger partial charge in [0.05, 0.1) is 5.69 Å². The minimum absolute atomic E-state index is 0.0116. The van der Waals surface area contributed by atoms with Gasteiger partial charge in [0.15, 0.2) is 16.8 Å². The van der Waals surface area contributed by atoms with Crippen LogP contribution in [0.2, 0.25) is 0 Å². The zero-order valence-electron chi connectivity index (χ0n) is 10.5. The third kappa shape index (κ3) is 2.56. The molecule has 1 aliphatic carbocycles. The van der Waals surface area contributed by atoms with E-state index >= 15 is 0 Å². The number of amides is 1. The monoisotopic (exact) mass is 294 g/mol. The number of carbonyl (C=O) groups is 1. The fourth-order valence-corrected chi connectivity index (χ4v) is 2.72. The van der Waals surface area contributed by atoms with Gasteiger partial charge >= 0.3 is 0 Å². The van der Waals surface area contributed by atoms with E-state index in [0.717, 1.165) is 31.4 Å². The molecule has 1 aliphatic rings. The maximum Gasteiger partial charge on any atom is 0.229 e. The van der Waals surface area contributed by atoms with E-state index in [9.17, 15) is 13.6 Å². The van der Waals surface area contributed by atoms with Crippen molar-refractivity contribution in [3.8, 4) is 11.3 Å². The number of hydrogen-bond donors (Lipinski definition) is 1. The number of carbonyl (C=O) groups excluding carboxylic acids is 1. The Morgan fingerprint density at radius 1 is 1.30 bits per heavy atom. The van der Waals surface area contributed by atoms with E-state index in [1.807, 2.05) is 0 Å². The van der Waals surface area contributed by atoms with Crippen molar-refractivity contribution in [1.29, 1.82) is 0 Å². The van der Waals surface area contributed by atoms with Crippen molar-refractivity contribution in [2.75, 3.05) is 5.32 Å². The molecule has 104 valence electrons. The van der Waals surface area contributed by atoms with Crippen LogP contribution in [0.4, 0.5) is 13.9 Å². The molecule has 0 spiro atoms. The number of nitrogens with zero attached hydrogens (tertiary/aromatic N) is 1. The van der Waals surface area contributed by atoms with Crippen LogP contribution in [0.1, 0.15) is 19.3 Å². The Morgan fingerprint density at radius 3 is 2.75 bits per heavy atom. The van der Waals surface area contributed by atoms with Gasteiger partial charge in [-0.1, -0.05) is 6.42 Å². The number of halogens is 2. The fraction of sp³-hybridized carbons (Fsp3) is 0.286. The molecule has 0 aliphatic heterocycles. The first-order chi connectivity index (χ1) is 9.63. The van der Waals surface area contributed by atoms with Crippen LogP contribution in [-0.2, 0) is 4.79 Å². The van der Waals surface area contributed by atoms with Crippen molar-refractivity contribution in [3.63, 3.8) is 0 Å². The first-order valence-corrected chi connectivity index (χ1v) is 7.23. The third-order valence-electron chi connectivity index (χ3n) is 3.43. The lowest BCUT2D eigenvalue weighted by molar-refractivity contribution is -0.122. The Labute approximate surface area is 118 Å². The van der Waals surface area contributed by atoms with Crippen molar-refractivity contribution >= 4 is 22.4 Å². The van der Waals surface area contributed by atoms with Gasteiger partial charge in [-0.2, -0.15) is 0 Å². The predicted molar refractivity (Wildman–Crippen MR) is 73.4 cm³/mol. The number of rotatable bonds is 3. The highest BCUT2D eigenvalue weighted by molar-refractivity contribution is 7.14. The van der Waals surface area contributed by atoms with E-state index in [2.05, 4.69) is 10.3 Å². The molecule has 1 heterocycles. The second-order valence-corrected chi connectivity index (χ2v) is 5.64. The third-order valence-corrected chi connectivity index (χ3v) is 4.18. The van der Waals surface area contributed by atoms with Crippen LogP contribution in [0.3, 0.4) is 0 Å². The first kappa shape index (κ1) is 13.2. The van der Waals surface area contributed by atoms with Gasteiger partial charge in [0, 0.05) is 16.9 Å². The highest BCUT2D eigenvalue weighted by Gasteiger charge is 2.25. The van der Waals surface area contributed by atoms with Crippen LogP contribution in [-0.4, -0.2) is 10.9 Å². The van der Waals surface area contributed by atoms with E-state index < -0.39 is 11.6 Å². The minimum atomic E-state index is -0.907. The van der Waals surface area contributed by atoms with Gasteiger partial charge in [-0.3, -0.25) is 4.79 Å². The molecule has 0 saturated heterocycles. The van der Waals surface area contributed by atoms with E-state index in [4.69, 9.17) is 0 Å². The molecule has 20 heavy (non-hydrogen) atoms. The number of benzene rings is 1. The average molecular weight is 294 g/mol. The van der Waals surface area contributed by atoms with E-state index in [1.165, 1.54) is 17.4 Å². The van der Waals surface area contributed by atoms with Crippen LogP contribution in [0, 0.1) is 17.6 Å². The molecule has 6 heteroatoms. The second kappa shape index (κ2) is 5.28. The van der Waals surface area contributed by atoms with Crippen LogP contribution < -0.4 is 5.32 Å². The largest absolute Gasteiger partial charge is 0.302 e. The van der Waals surface area contributed by atoms with E-state index in [-0.39, 0.29) is 11.8 Å².